The summed E-state index contributed by atoms with van der Waals surface area (Å²) in [6.45, 7) is 4.05. The summed E-state index contributed by atoms with van der Waals surface area (Å²) in [5, 5.41) is 0.523. The van der Waals surface area contributed by atoms with Gasteiger partial charge in [0.2, 0.25) is 0 Å². The van der Waals surface area contributed by atoms with Crippen LogP contribution < -0.4 is 5.56 Å². The quantitative estimate of drug-likeness (QED) is 0.324. The van der Waals surface area contributed by atoms with E-state index in [1.54, 1.807) is 27.9 Å². The van der Waals surface area contributed by atoms with Crippen molar-refractivity contribution in [3.8, 4) is 5.69 Å². The fourth-order valence-electron chi connectivity index (χ4n) is 4.32. The Morgan fingerprint density at radius 2 is 1.66 bits per heavy atom. The molecule has 0 aliphatic rings. The number of furan rings is 1. The number of carbonyl (C=O) groups is 1. The molecule has 0 radical (unpaired) electrons. The van der Waals surface area contributed by atoms with Crippen LogP contribution in [-0.2, 0) is 6.54 Å². The number of aromatic nitrogens is 2. The Morgan fingerprint density at radius 1 is 0.943 bits per heavy atom. The lowest BCUT2D eigenvalue weighted by molar-refractivity contribution is 0.0647. The molecule has 3 aromatic carbocycles. The minimum Gasteiger partial charge on any atom is -0.467 e. The van der Waals surface area contributed by atoms with E-state index in [4.69, 9.17) is 9.40 Å². The molecule has 0 spiro atoms. The van der Waals surface area contributed by atoms with Crippen LogP contribution in [0.3, 0.4) is 0 Å². The first-order chi connectivity index (χ1) is 17.0. The predicted molar refractivity (Wildman–Crippen MR) is 136 cm³/mol. The molecule has 1 atom stereocenters. The molecule has 2 aromatic heterocycles. The summed E-state index contributed by atoms with van der Waals surface area (Å²) in [6.07, 6.45) is 1.59. The van der Waals surface area contributed by atoms with Gasteiger partial charge in [-0.05, 0) is 61.9 Å². The molecule has 0 bridgehead atoms. The number of aryl methyl sites for hydroxylation is 1. The SMILES string of the molecule is Cc1ccccc1C(=O)N(Cc1ccco1)C(C)c1nc2ccccc2c(=O)n1-c1ccccc1. The van der Waals surface area contributed by atoms with Crippen molar-refractivity contribution in [2.45, 2.75) is 26.4 Å². The molecule has 0 fully saturated rings. The molecule has 5 aromatic rings. The molecule has 1 unspecified atom stereocenters. The maximum Gasteiger partial charge on any atom is 0.266 e. The molecule has 5 rings (SSSR count). The highest BCUT2D eigenvalue weighted by atomic mass is 16.3. The summed E-state index contributed by atoms with van der Waals surface area (Å²) >= 11 is 0. The molecular weight excluding hydrogens is 438 g/mol. The van der Waals surface area contributed by atoms with E-state index >= 15 is 0 Å². The van der Waals surface area contributed by atoms with E-state index in [0.29, 0.717) is 33.7 Å². The molecule has 0 aliphatic carbocycles. The van der Waals surface area contributed by atoms with Crippen molar-refractivity contribution in [2.24, 2.45) is 0 Å². The number of rotatable bonds is 6. The third-order valence-corrected chi connectivity index (χ3v) is 6.20. The van der Waals surface area contributed by atoms with Gasteiger partial charge in [0.25, 0.3) is 11.5 Å². The van der Waals surface area contributed by atoms with E-state index < -0.39 is 6.04 Å². The summed E-state index contributed by atoms with van der Waals surface area (Å²) in [6, 6.07) is 27.3. The summed E-state index contributed by atoms with van der Waals surface area (Å²) in [4.78, 5) is 34.2. The van der Waals surface area contributed by atoms with Gasteiger partial charge in [0, 0.05) is 5.56 Å². The van der Waals surface area contributed by atoms with Crippen molar-refractivity contribution >= 4 is 16.8 Å². The summed E-state index contributed by atoms with van der Waals surface area (Å²) in [5.41, 5.74) is 2.58. The third-order valence-electron chi connectivity index (χ3n) is 6.20. The maximum atomic E-state index is 13.9. The monoisotopic (exact) mass is 463 g/mol. The molecule has 6 nitrogen and oxygen atoms in total. The molecule has 2 heterocycles. The van der Waals surface area contributed by atoms with E-state index in [1.165, 1.54) is 0 Å². The van der Waals surface area contributed by atoms with Crippen LogP contribution in [0.4, 0.5) is 0 Å². The van der Waals surface area contributed by atoms with Gasteiger partial charge in [-0.3, -0.25) is 14.2 Å². The zero-order valence-electron chi connectivity index (χ0n) is 19.6. The van der Waals surface area contributed by atoms with Gasteiger partial charge in [0.15, 0.2) is 0 Å². The fourth-order valence-corrected chi connectivity index (χ4v) is 4.32. The molecule has 35 heavy (non-hydrogen) atoms. The number of benzene rings is 3. The first kappa shape index (κ1) is 22.3. The van der Waals surface area contributed by atoms with Gasteiger partial charge in [-0.25, -0.2) is 4.98 Å². The molecule has 6 heteroatoms. The number of para-hydroxylation sites is 2. The Kier molecular flexibility index (Phi) is 6.02. The molecule has 1 amide bonds. The molecule has 0 saturated heterocycles. The predicted octanol–water partition coefficient (Wildman–Crippen LogP) is 5.69. The minimum absolute atomic E-state index is 0.158. The topological polar surface area (TPSA) is 68.3 Å². The minimum atomic E-state index is -0.537. The Bertz CT molecular complexity index is 1540. The fraction of sp³-hybridized carbons (Fsp3) is 0.138. The van der Waals surface area contributed by atoms with Gasteiger partial charge < -0.3 is 9.32 Å². The molecular formula is C29H25N3O3. The van der Waals surface area contributed by atoms with Crippen LogP contribution in [0.2, 0.25) is 0 Å². The zero-order valence-corrected chi connectivity index (χ0v) is 19.6. The van der Waals surface area contributed by atoms with Gasteiger partial charge in [-0.1, -0.05) is 48.5 Å². The highest BCUT2D eigenvalue weighted by molar-refractivity contribution is 5.95. The lowest BCUT2D eigenvalue weighted by atomic mass is 10.1. The normalized spacial score (nSPS) is 11.9. The average molecular weight is 464 g/mol. The highest BCUT2D eigenvalue weighted by Crippen LogP contribution is 2.27. The largest absolute Gasteiger partial charge is 0.467 e. The second-order valence-electron chi connectivity index (χ2n) is 8.47. The number of carbonyl (C=O) groups excluding carboxylic acids is 1. The smallest absolute Gasteiger partial charge is 0.266 e. The second kappa shape index (κ2) is 9.43. The average Bonchev–Trinajstić information content (AvgIpc) is 3.41. The van der Waals surface area contributed by atoms with Gasteiger partial charge in [-0.2, -0.15) is 0 Å². The highest BCUT2D eigenvalue weighted by Gasteiger charge is 2.29. The van der Waals surface area contributed by atoms with Gasteiger partial charge in [-0.15, -0.1) is 0 Å². The van der Waals surface area contributed by atoms with E-state index in [1.807, 2.05) is 92.7 Å². The van der Waals surface area contributed by atoms with Crippen LogP contribution in [-0.4, -0.2) is 20.4 Å². The molecule has 0 aliphatic heterocycles. The van der Waals surface area contributed by atoms with Crippen molar-refractivity contribution in [3.05, 3.63) is 130 Å². The second-order valence-corrected chi connectivity index (χ2v) is 8.47. The number of nitrogens with zero attached hydrogens (tertiary/aromatic N) is 3. The van der Waals surface area contributed by atoms with Crippen molar-refractivity contribution < 1.29 is 9.21 Å². The lowest BCUT2D eigenvalue weighted by Crippen LogP contribution is -2.37. The van der Waals surface area contributed by atoms with E-state index in [9.17, 15) is 9.59 Å². The van der Waals surface area contributed by atoms with Crippen LogP contribution in [0.1, 0.15) is 40.5 Å². The van der Waals surface area contributed by atoms with Crippen molar-refractivity contribution in [3.63, 3.8) is 0 Å². The Morgan fingerprint density at radius 3 is 2.40 bits per heavy atom. The summed E-state index contributed by atoms with van der Waals surface area (Å²) in [7, 11) is 0. The molecule has 0 saturated carbocycles. The third kappa shape index (κ3) is 4.26. The van der Waals surface area contributed by atoms with Gasteiger partial charge in [0.1, 0.15) is 11.6 Å². The number of amides is 1. The summed E-state index contributed by atoms with van der Waals surface area (Å²) < 4.78 is 7.20. The molecule has 0 N–H and O–H groups in total. The zero-order chi connectivity index (χ0) is 24.4. The van der Waals surface area contributed by atoms with Crippen LogP contribution in [0.15, 0.2) is 106 Å². The van der Waals surface area contributed by atoms with E-state index in [-0.39, 0.29) is 18.0 Å². The van der Waals surface area contributed by atoms with Crippen LogP contribution in [0, 0.1) is 6.92 Å². The van der Waals surface area contributed by atoms with Crippen molar-refractivity contribution in [2.75, 3.05) is 0 Å². The Hall–Kier alpha value is -4.45. The van der Waals surface area contributed by atoms with Crippen molar-refractivity contribution in [1.29, 1.82) is 0 Å². The first-order valence-electron chi connectivity index (χ1n) is 11.5. The molecule has 174 valence electrons. The first-order valence-corrected chi connectivity index (χ1v) is 11.5. The van der Waals surface area contributed by atoms with E-state index in [2.05, 4.69) is 0 Å². The van der Waals surface area contributed by atoms with Crippen LogP contribution >= 0.6 is 0 Å². The lowest BCUT2D eigenvalue weighted by Gasteiger charge is -2.30. The maximum absolute atomic E-state index is 13.9. The van der Waals surface area contributed by atoms with Crippen LogP contribution in [0.25, 0.3) is 16.6 Å². The number of hydrogen-bond donors (Lipinski definition) is 0. The van der Waals surface area contributed by atoms with E-state index in [0.717, 1.165) is 5.56 Å². The Labute approximate surface area is 203 Å². The number of hydrogen-bond acceptors (Lipinski definition) is 4. The van der Waals surface area contributed by atoms with Gasteiger partial charge >= 0.3 is 0 Å². The van der Waals surface area contributed by atoms with Crippen molar-refractivity contribution in [1.82, 2.24) is 14.5 Å². The Balaban J connectivity index is 1.71. The van der Waals surface area contributed by atoms with Gasteiger partial charge in [0.05, 0.1) is 35.4 Å². The standard InChI is InChI=1S/C29H25N3O3/c1-20-11-6-7-15-24(20)28(33)31(19-23-14-10-18-35-23)21(2)27-30-26-17-9-8-16-25(26)29(34)32(27)22-12-4-3-5-13-22/h3-18,21H,19H2,1-2H3. The van der Waals surface area contributed by atoms with Crippen LogP contribution in [0.5, 0.6) is 0 Å². The number of fused-ring (bicyclic) bond motifs is 1. The summed E-state index contributed by atoms with van der Waals surface area (Å²) in [5.74, 6) is 0.968.